The molecule has 8 heteroatoms. The van der Waals surface area contributed by atoms with Crippen LogP contribution in [0.2, 0.25) is 0 Å². The number of anilines is 1. The minimum atomic E-state index is -4.50. The van der Waals surface area contributed by atoms with Crippen molar-refractivity contribution >= 4 is 27.7 Å². The number of nitrogens with zero attached hydrogens (tertiary/aromatic N) is 2. The van der Waals surface area contributed by atoms with Gasteiger partial charge in [0.15, 0.2) is 0 Å². The van der Waals surface area contributed by atoms with E-state index < -0.39 is 17.8 Å². The lowest BCUT2D eigenvalue weighted by molar-refractivity contribution is -0.137. The van der Waals surface area contributed by atoms with Crippen LogP contribution in [0.4, 0.5) is 23.7 Å². The molecule has 0 unspecified atom stereocenters. The van der Waals surface area contributed by atoms with E-state index in [1.807, 2.05) is 0 Å². The summed E-state index contributed by atoms with van der Waals surface area (Å²) < 4.78 is 40.0. The lowest BCUT2D eigenvalue weighted by atomic mass is 10.0. The molecule has 0 aromatic heterocycles. The highest BCUT2D eigenvalue weighted by atomic mass is 79.9. The molecule has 1 N–H and O–H groups in total. The first-order valence-corrected chi connectivity index (χ1v) is 12.2. The van der Waals surface area contributed by atoms with Gasteiger partial charge in [-0.25, -0.2) is 4.79 Å². The van der Waals surface area contributed by atoms with Crippen molar-refractivity contribution in [3.05, 3.63) is 62.6 Å². The van der Waals surface area contributed by atoms with E-state index >= 15 is 0 Å². The molecular weight excluding hydrogens is 497 g/mol. The van der Waals surface area contributed by atoms with Gasteiger partial charge in [0.1, 0.15) is 0 Å². The maximum absolute atomic E-state index is 13.2. The molecule has 3 rings (SSSR count). The van der Waals surface area contributed by atoms with Crippen molar-refractivity contribution in [1.82, 2.24) is 4.90 Å². The van der Waals surface area contributed by atoms with E-state index in [0.717, 1.165) is 68.6 Å². The molecule has 180 valence electrons. The van der Waals surface area contributed by atoms with Gasteiger partial charge in [-0.15, -0.1) is 0 Å². The quantitative estimate of drug-likeness (QED) is 0.373. The highest BCUT2D eigenvalue weighted by Gasteiger charge is 2.31. The van der Waals surface area contributed by atoms with E-state index in [2.05, 4.69) is 46.8 Å². The fraction of sp³-hybridized carbons (Fsp3) is 0.480. The molecule has 0 radical (unpaired) electrons. The Hall–Kier alpha value is -2.22. The molecule has 0 saturated heterocycles. The maximum Gasteiger partial charge on any atom is 0.416 e. The zero-order chi connectivity index (χ0) is 24.2. The number of amides is 1. The molecule has 0 fully saturated rings. The molecular formula is C25H30BrF3N2O2. The lowest BCUT2D eigenvalue weighted by Gasteiger charge is -2.29. The van der Waals surface area contributed by atoms with Crippen molar-refractivity contribution in [2.24, 2.45) is 0 Å². The van der Waals surface area contributed by atoms with Crippen LogP contribution in [0.5, 0.6) is 0 Å². The third-order valence-electron chi connectivity index (χ3n) is 6.09. The molecule has 33 heavy (non-hydrogen) atoms. The monoisotopic (exact) mass is 526 g/mol. The van der Waals surface area contributed by atoms with Gasteiger partial charge in [0.25, 0.3) is 0 Å². The van der Waals surface area contributed by atoms with Crippen LogP contribution in [0.15, 0.2) is 34.8 Å². The number of hydrogen-bond donors (Lipinski definition) is 1. The molecule has 4 nitrogen and oxygen atoms in total. The summed E-state index contributed by atoms with van der Waals surface area (Å²) in [7, 11) is 0. The van der Waals surface area contributed by atoms with Crippen molar-refractivity contribution in [3.8, 4) is 0 Å². The van der Waals surface area contributed by atoms with Crippen LogP contribution in [-0.4, -0.2) is 29.2 Å². The van der Waals surface area contributed by atoms with Gasteiger partial charge < -0.3 is 10.0 Å². The number of rotatable bonds is 9. The van der Waals surface area contributed by atoms with Crippen LogP contribution in [0, 0.1) is 0 Å². The average molecular weight is 527 g/mol. The van der Waals surface area contributed by atoms with Gasteiger partial charge in [0, 0.05) is 29.8 Å². The van der Waals surface area contributed by atoms with Crippen molar-refractivity contribution < 1.29 is 23.1 Å². The molecule has 0 bridgehead atoms. The number of halogens is 4. The second-order valence-corrected chi connectivity index (χ2v) is 9.44. The van der Waals surface area contributed by atoms with Crippen molar-refractivity contribution in [2.45, 2.75) is 65.2 Å². The Balaban J connectivity index is 1.94. The second kappa shape index (κ2) is 10.8. The predicted molar refractivity (Wildman–Crippen MR) is 128 cm³/mol. The van der Waals surface area contributed by atoms with Gasteiger partial charge in [-0.1, -0.05) is 35.3 Å². The average Bonchev–Trinajstić information content (AvgIpc) is 3.20. The highest BCUT2D eigenvalue weighted by Crippen LogP contribution is 2.34. The molecule has 2 aromatic carbocycles. The first-order chi connectivity index (χ1) is 15.6. The summed E-state index contributed by atoms with van der Waals surface area (Å²) in [6.07, 6.45) is -0.493. The summed E-state index contributed by atoms with van der Waals surface area (Å²) in [5.41, 5.74) is 3.98. The van der Waals surface area contributed by atoms with Gasteiger partial charge in [0.2, 0.25) is 0 Å². The number of carboxylic acid groups (broad SMARTS) is 1. The Morgan fingerprint density at radius 2 is 1.76 bits per heavy atom. The molecule has 1 aliphatic rings. The summed E-state index contributed by atoms with van der Waals surface area (Å²) in [6.45, 7) is 5.90. The largest absolute Gasteiger partial charge is 0.465 e. The number of fused-ring (bicyclic) bond motifs is 1. The number of carbonyl (C=O) groups is 1. The third kappa shape index (κ3) is 6.43. The number of aryl methyl sites for hydroxylation is 2. The zero-order valence-electron chi connectivity index (χ0n) is 19.0. The zero-order valence-corrected chi connectivity index (χ0v) is 20.6. The Morgan fingerprint density at radius 1 is 1.06 bits per heavy atom. The standard InChI is InChI=1S/C25H30BrF3N2O2/c1-3-5-9-30(4-2)23-13-19-8-6-7-18(19)12-20(23)16-31(24(32)33)15-17-10-21(25(27,28)29)14-22(26)11-17/h10-14H,3-9,15-16H2,1-2H3,(H,32,33). The summed E-state index contributed by atoms with van der Waals surface area (Å²) in [4.78, 5) is 15.6. The SMILES string of the molecule is CCCCN(CC)c1cc2c(cc1CN(Cc1cc(Br)cc(C(F)(F)F)c1)C(=O)O)CCC2. The predicted octanol–water partition coefficient (Wildman–Crippen LogP) is 7.26. The topological polar surface area (TPSA) is 43.8 Å². The van der Waals surface area contributed by atoms with E-state index in [0.29, 0.717) is 5.56 Å². The first kappa shape index (κ1) is 25.4. The Bertz CT molecular complexity index is 994. The summed E-state index contributed by atoms with van der Waals surface area (Å²) in [6, 6.07) is 7.85. The highest BCUT2D eigenvalue weighted by molar-refractivity contribution is 9.10. The van der Waals surface area contributed by atoms with Crippen molar-refractivity contribution in [3.63, 3.8) is 0 Å². The van der Waals surface area contributed by atoms with E-state index in [1.54, 1.807) is 0 Å². The molecule has 0 atom stereocenters. The van der Waals surface area contributed by atoms with E-state index in [1.165, 1.54) is 22.1 Å². The molecule has 0 heterocycles. The minimum absolute atomic E-state index is 0.119. The number of benzene rings is 2. The van der Waals surface area contributed by atoms with E-state index in [9.17, 15) is 23.1 Å². The fourth-order valence-electron chi connectivity index (χ4n) is 4.40. The molecule has 0 saturated carbocycles. The fourth-order valence-corrected chi connectivity index (χ4v) is 4.94. The molecule has 1 aliphatic carbocycles. The number of hydrogen-bond acceptors (Lipinski definition) is 2. The van der Waals surface area contributed by atoms with Crippen LogP contribution in [-0.2, 0) is 32.1 Å². The van der Waals surface area contributed by atoms with Gasteiger partial charge >= 0.3 is 12.3 Å². The minimum Gasteiger partial charge on any atom is -0.465 e. The number of unbranched alkanes of at least 4 members (excludes halogenated alkanes) is 1. The van der Waals surface area contributed by atoms with Crippen LogP contribution >= 0.6 is 15.9 Å². The van der Waals surface area contributed by atoms with Crippen LogP contribution in [0.25, 0.3) is 0 Å². The lowest BCUT2D eigenvalue weighted by Crippen LogP contribution is -2.31. The molecule has 1 amide bonds. The number of alkyl halides is 3. The van der Waals surface area contributed by atoms with Gasteiger partial charge in [-0.05, 0) is 79.1 Å². The van der Waals surface area contributed by atoms with E-state index in [4.69, 9.17) is 0 Å². The summed E-state index contributed by atoms with van der Waals surface area (Å²) in [5.74, 6) is 0. The molecule has 0 aliphatic heterocycles. The maximum atomic E-state index is 13.2. The normalized spacial score (nSPS) is 13.2. The van der Waals surface area contributed by atoms with Crippen LogP contribution in [0.3, 0.4) is 0 Å². The Labute approximate surface area is 201 Å². The smallest absolute Gasteiger partial charge is 0.416 e. The third-order valence-corrected chi connectivity index (χ3v) is 6.54. The Kier molecular flexibility index (Phi) is 8.32. The van der Waals surface area contributed by atoms with Gasteiger partial charge in [-0.3, -0.25) is 4.90 Å². The van der Waals surface area contributed by atoms with Gasteiger partial charge in [-0.2, -0.15) is 13.2 Å². The second-order valence-electron chi connectivity index (χ2n) is 8.52. The van der Waals surface area contributed by atoms with Crippen molar-refractivity contribution in [2.75, 3.05) is 18.0 Å². The summed E-state index contributed by atoms with van der Waals surface area (Å²) >= 11 is 3.12. The van der Waals surface area contributed by atoms with E-state index in [-0.39, 0.29) is 17.6 Å². The Morgan fingerprint density at radius 3 is 2.36 bits per heavy atom. The molecule has 0 spiro atoms. The molecule has 2 aromatic rings. The summed E-state index contributed by atoms with van der Waals surface area (Å²) in [5, 5.41) is 9.89. The van der Waals surface area contributed by atoms with Crippen LogP contribution < -0.4 is 4.90 Å². The first-order valence-electron chi connectivity index (χ1n) is 11.4. The van der Waals surface area contributed by atoms with Crippen molar-refractivity contribution in [1.29, 1.82) is 0 Å². The van der Waals surface area contributed by atoms with Gasteiger partial charge in [0.05, 0.1) is 12.1 Å². The van der Waals surface area contributed by atoms with Crippen LogP contribution in [0.1, 0.15) is 60.9 Å².